The van der Waals surface area contributed by atoms with Gasteiger partial charge < -0.3 is 15.5 Å². The number of amides is 1. The van der Waals surface area contributed by atoms with E-state index in [-0.39, 0.29) is 24.0 Å². The van der Waals surface area contributed by atoms with E-state index in [2.05, 4.69) is 10.6 Å². The van der Waals surface area contributed by atoms with E-state index in [9.17, 15) is 14.9 Å². The summed E-state index contributed by atoms with van der Waals surface area (Å²) in [4.78, 5) is 25.2. The number of nitro groups is 1. The van der Waals surface area contributed by atoms with Gasteiger partial charge in [-0.2, -0.15) is 0 Å². The zero-order valence-corrected chi connectivity index (χ0v) is 14.5. The Morgan fingerprint density at radius 2 is 2.12 bits per heavy atom. The van der Waals surface area contributed by atoms with Crippen molar-refractivity contribution < 1.29 is 9.72 Å². The first-order valence-corrected chi connectivity index (χ1v) is 8.07. The number of carbonyl (C=O) groups is 1. The van der Waals surface area contributed by atoms with Gasteiger partial charge >= 0.3 is 0 Å². The minimum atomic E-state index is -0.421. The summed E-state index contributed by atoms with van der Waals surface area (Å²) in [6, 6.07) is 5.07. The number of nitrogens with one attached hydrogen (secondary N) is 2. The second-order valence-corrected chi connectivity index (χ2v) is 6.37. The summed E-state index contributed by atoms with van der Waals surface area (Å²) in [5.74, 6) is 0.333. The summed E-state index contributed by atoms with van der Waals surface area (Å²) < 4.78 is 0. The van der Waals surface area contributed by atoms with Gasteiger partial charge in [0.15, 0.2) is 0 Å². The molecular formula is C16H23ClN4O3. The predicted octanol–water partition coefficient (Wildman–Crippen LogP) is 2.27. The van der Waals surface area contributed by atoms with Crippen LogP contribution in [0.5, 0.6) is 0 Å². The lowest BCUT2D eigenvalue weighted by atomic mass is 10.1. The van der Waals surface area contributed by atoms with Gasteiger partial charge in [0.25, 0.3) is 11.6 Å². The zero-order valence-electron chi connectivity index (χ0n) is 13.7. The average molecular weight is 355 g/mol. The van der Waals surface area contributed by atoms with Crippen LogP contribution in [0.25, 0.3) is 0 Å². The third-order valence-corrected chi connectivity index (χ3v) is 4.44. The molecule has 132 valence electrons. The molecule has 0 bridgehead atoms. The first-order valence-electron chi connectivity index (χ1n) is 8.07. The van der Waals surface area contributed by atoms with Gasteiger partial charge in [-0.3, -0.25) is 14.9 Å². The van der Waals surface area contributed by atoms with Crippen LogP contribution in [0.4, 0.5) is 11.4 Å². The molecule has 0 spiro atoms. The van der Waals surface area contributed by atoms with Crippen LogP contribution in [0.2, 0.25) is 0 Å². The molecule has 1 aromatic rings. The fourth-order valence-electron chi connectivity index (χ4n) is 3.04. The molecule has 0 aromatic heterocycles. The van der Waals surface area contributed by atoms with Gasteiger partial charge in [0.2, 0.25) is 0 Å². The molecule has 1 saturated carbocycles. The van der Waals surface area contributed by atoms with Crippen molar-refractivity contribution in [3.8, 4) is 0 Å². The number of halogens is 1. The fraction of sp³-hybridized carbons (Fsp3) is 0.562. The Morgan fingerprint density at radius 3 is 2.75 bits per heavy atom. The molecule has 1 heterocycles. The zero-order chi connectivity index (χ0) is 16.4. The Labute approximate surface area is 147 Å². The molecule has 2 fully saturated rings. The Balaban J connectivity index is 0.00000208. The van der Waals surface area contributed by atoms with Crippen LogP contribution in [0.1, 0.15) is 29.6 Å². The Hall–Kier alpha value is -1.86. The van der Waals surface area contributed by atoms with Gasteiger partial charge in [0.05, 0.1) is 4.92 Å². The maximum absolute atomic E-state index is 12.6. The highest BCUT2D eigenvalue weighted by atomic mass is 35.5. The summed E-state index contributed by atoms with van der Waals surface area (Å²) >= 11 is 0. The molecule has 1 saturated heterocycles. The molecule has 2 aliphatic rings. The van der Waals surface area contributed by atoms with Crippen LogP contribution in [0.15, 0.2) is 18.2 Å². The van der Waals surface area contributed by atoms with Crippen molar-refractivity contribution in [3.63, 3.8) is 0 Å². The number of carbonyl (C=O) groups excluding carboxylic acids is 1. The lowest BCUT2D eigenvalue weighted by molar-refractivity contribution is -0.384. The van der Waals surface area contributed by atoms with Gasteiger partial charge in [-0.25, -0.2) is 0 Å². The minimum Gasteiger partial charge on any atom is -0.377 e. The molecule has 1 amide bonds. The van der Waals surface area contributed by atoms with E-state index >= 15 is 0 Å². The number of benzene rings is 1. The summed E-state index contributed by atoms with van der Waals surface area (Å²) in [6.45, 7) is 2.30. The van der Waals surface area contributed by atoms with E-state index in [1.807, 2.05) is 7.05 Å². The normalized spacial score (nSPS) is 19.7. The van der Waals surface area contributed by atoms with E-state index in [0.29, 0.717) is 36.3 Å². The number of rotatable bonds is 6. The first-order chi connectivity index (χ1) is 11.1. The topological polar surface area (TPSA) is 87.5 Å². The SMILES string of the molecule is CNCC1CCN(C(=O)c2ccc(NC3CC3)c([N+](=O)[O-])c2)C1.Cl. The van der Waals surface area contributed by atoms with Crippen molar-refractivity contribution in [2.45, 2.75) is 25.3 Å². The molecule has 2 N–H and O–H groups in total. The number of anilines is 1. The summed E-state index contributed by atoms with van der Waals surface area (Å²) in [5, 5.41) is 17.6. The van der Waals surface area contributed by atoms with E-state index in [1.165, 1.54) is 6.07 Å². The lowest BCUT2D eigenvalue weighted by Crippen LogP contribution is -2.30. The number of hydrogen-bond acceptors (Lipinski definition) is 5. The first kappa shape index (κ1) is 18.5. The van der Waals surface area contributed by atoms with Crippen molar-refractivity contribution in [1.29, 1.82) is 0 Å². The number of nitro benzene ring substituents is 1. The molecular weight excluding hydrogens is 332 g/mol. The van der Waals surface area contributed by atoms with Crippen molar-refractivity contribution in [2.75, 3.05) is 32.0 Å². The monoisotopic (exact) mass is 354 g/mol. The van der Waals surface area contributed by atoms with E-state index in [4.69, 9.17) is 0 Å². The van der Waals surface area contributed by atoms with Crippen molar-refractivity contribution in [1.82, 2.24) is 10.2 Å². The lowest BCUT2D eigenvalue weighted by Gasteiger charge is -2.17. The van der Waals surface area contributed by atoms with Crippen molar-refractivity contribution in [3.05, 3.63) is 33.9 Å². The van der Waals surface area contributed by atoms with Gasteiger partial charge in [-0.15, -0.1) is 12.4 Å². The van der Waals surface area contributed by atoms with Gasteiger partial charge in [-0.1, -0.05) is 0 Å². The second kappa shape index (κ2) is 7.81. The second-order valence-electron chi connectivity index (χ2n) is 6.37. The highest BCUT2D eigenvalue weighted by Crippen LogP contribution is 2.32. The summed E-state index contributed by atoms with van der Waals surface area (Å²) in [5.41, 5.74) is 0.875. The van der Waals surface area contributed by atoms with Crippen LogP contribution in [0, 0.1) is 16.0 Å². The largest absolute Gasteiger partial charge is 0.377 e. The Kier molecular flexibility index (Phi) is 6.01. The van der Waals surface area contributed by atoms with Crippen molar-refractivity contribution >= 4 is 29.7 Å². The Morgan fingerprint density at radius 1 is 1.38 bits per heavy atom. The smallest absolute Gasteiger partial charge is 0.293 e. The van der Waals surface area contributed by atoms with Crippen LogP contribution < -0.4 is 10.6 Å². The molecule has 1 atom stereocenters. The predicted molar refractivity (Wildman–Crippen MR) is 94.9 cm³/mol. The molecule has 8 heteroatoms. The number of likely N-dealkylation sites (tertiary alicyclic amines) is 1. The van der Waals surface area contributed by atoms with Crippen LogP contribution in [-0.2, 0) is 0 Å². The summed E-state index contributed by atoms with van der Waals surface area (Å²) in [6.07, 6.45) is 3.05. The average Bonchev–Trinajstić information content (AvgIpc) is 3.23. The van der Waals surface area contributed by atoms with Crippen LogP contribution in [-0.4, -0.2) is 48.5 Å². The Bertz CT molecular complexity index is 621. The van der Waals surface area contributed by atoms with E-state index in [1.54, 1.807) is 17.0 Å². The fourth-order valence-corrected chi connectivity index (χ4v) is 3.04. The maximum atomic E-state index is 12.6. The van der Waals surface area contributed by atoms with E-state index < -0.39 is 4.92 Å². The van der Waals surface area contributed by atoms with Crippen LogP contribution in [0.3, 0.4) is 0 Å². The summed E-state index contributed by atoms with van der Waals surface area (Å²) in [7, 11) is 1.90. The van der Waals surface area contributed by atoms with Crippen LogP contribution >= 0.6 is 12.4 Å². The number of nitrogens with zero attached hydrogens (tertiary/aromatic N) is 2. The third-order valence-electron chi connectivity index (χ3n) is 4.44. The standard InChI is InChI=1S/C16H22N4O3.ClH/c1-17-9-11-6-7-19(10-11)16(21)12-2-5-14(18-13-3-4-13)15(8-12)20(22)23;/h2,5,8,11,13,17-18H,3-4,6-7,9-10H2,1H3;1H. The maximum Gasteiger partial charge on any atom is 0.293 e. The van der Waals surface area contributed by atoms with E-state index in [0.717, 1.165) is 25.8 Å². The quantitative estimate of drug-likeness (QED) is 0.604. The molecule has 7 nitrogen and oxygen atoms in total. The molecule has 1 aliphatic carbocycles. The van der Waals surface area contributed by atoms with Gasteiger partial charge in [-0.05, 0) is 50.9 Å². The molecule has 3 rings (SSSR count). The number of hydrogen-bond donors (Lipinski definition) is 2. The van der Waals surface area contributed by atoms with Gasteiger partial charge in [0, 0.05) is 30.8 Å². The van der Waals surface area contributed by atoms with Crippen molar-refractivity contribution in [2.24, 2.45) is 5.92 Å². The minimum absolute atomic E-state index is 0. The molecule has 1 unspecified atom stereocenters. The molecule has 0 radical (unpaired) electrons. The molecule has 1 aromatic carbocycles. The third kappa shape index (κ3) is 4.15. The highest BCUT2D eigenvalue weighted by Gasteiger charge is 2.29. The molecule has 24 heavy (non-hydrogen) atoms. The highest BCUT2D eigenvalue weighted by molar-refractivity contribution is 5.96. The molecule has 1 aliphatic heterocycles. The van der Waals surface area contributed by atoms with Gasteiger partial charge in [0.1, 0.15) is 5.69 Å².